The average molecular weight is 232 g/mol. The minimum atomic E-state index is -0.0403. The number of amides is 1. The average Bonchev–Trinajstić information content (AvgIpc) is 2.69. The van der Waals surface area contributed by atoms with E-state index >= 15 is 0 Å². The maximum atomic E-state index is 11.5. The number of rotatable bonds is 3. The fraction of sp³-hybridized carbons (Fsp3) is 0.333. The lowest BCUT2D eigenvalue weighted by Gasteiger charge is -2.06. The van der Waals surface area contributed by atoms with Crippen LogP contribution in [0.15, 0.2) is 18.2 Å². The van der Waals surface area contributed by atoms with Gasteiger partial charge in [0.2, 0.25) is 5.91 Å². The zero-order valence-corrected chi connectivity index (χ0v) is 10.0. The van der Waals surface area contributed by atoms with Crippen molar-refractivity contribution in [1.29, 1.82) is 0 Å². The van der Waals surface area contributed by atoms with E-state index in [1.54, 1.807) is 7.05 Å². The quantitative estimate of drug-likeness (QED) is 0.773. The summed E-state index contributed by atoms with van der Waals surface area (Å²) >= 11 is 0. The smallest absolute Gasteiger partial charge is 0.239 e. The Bertz CT molecular complexity index is 559. The van der Waals surface area contributed by atoms with E-state index in [0.717, 1.165) is 23.3 Å². The highest BCUT2D eigenvalue weighted by molar-refractivity contribution is 5.89. The molecule has 0 aliphatic rings. The van der Waals surface area contributed by atoms with E-state index in [9.17, 15) is 4.79 Å². The number of para-hydroxylation sites is 1. The summed E-state index contributed by atoms with van der Waals surface area (Å²) < 4.78 is 1.91. The number of aromatic nitrogens is 2. The highest BCUT2D eigenvalue weighted by atomic mass is 16.1. The summed E-state index contributed by atoms with van der Waals surface area (Å²) in [5.74, 6) is 0.836. The summed E-state index contributed by atoms with van der Waals surface area (Å²) in [6, 6.07) is 5.62. The van der Waals surface area contributed by atoms with Gasteiger partial charge >= 0.3 is 0 Å². The second-order valence-corrected chi connectivity index (χ2v) is 3.86. The summed E-state index contributed by atoms with van der Waals surface area (Å²) in [5, 5.41) is 2.62. The van der Waals surface area contributed by atoms with E-state index in [1.807, 2.05) is 29.7 Å². The summed E-state index contributed by atoms with van der Waals surface area (Å²) in [6.45, 7) is 2.29. The predicted octanol–water partition coefficient (Wildman–Crippen LogP) is 0.927. The molecule has 17 heavy (non-hydrogen) atoms. The molecular weight excluding hydrogens is 216 g/mol. The number of nitrogens with zero attached hydrogens (tertiary/aromatic N) is 2. The number of hydrogen-bond donors (Lipinski definition) is 2. The summed E-state index contributed by atoms with van der Waals surface area (Å²) in [6.07, 6.45) is 0.769. The SMILES string of the molecule is CCc1nc2c(N)cccc2n1CC(=O)NC. The number of aryl methyl sites for hydroxylation is 1. The van der Waals surface area contributed by atoms with Gasteiger partial charge in [-0.3, -0.25) is 4.79 Å². The number of anilines is 1. The first kappa shape index (κ1) is 11.4. The summed E-state index contributed by atoms with van der Waals surface area (Å²) in [7, 11) is 1.63. The highest BCUT2D eigenvalue weighted by Crippen LogP contribution is 2.21. The molecule has 0 atom stereocenters. The molecule has 0 aliphatic carbocycles. The Morgan fingerprint density at radius 1 is 1.53 bits per heavy atom. The molecule has 1 aromatic carbocycles. The Labute approximate surface area is 99.6 Å². The molecule has 1 amide bonds. The van der Waals surface area contributed by atoms with Gasteiger partial charge in [0, 0.05) is 13.5 Å². The lowest BCUT2D eigenvalue weighted by Crippen LogP contribution is -2.24. The third-order valence-electron chi connectivity index (χ3n) is 2.79. The largest absolute Gasteiger partial charge is 0.397 e. The first-order valence-electron chi connectivity index (χ1n) is 5.61. The van der Waals surface area contributed by atoms with Gasteiger partial charge in [-0.2, -0.15) is 0 Å². The molecule has 0 radical (unpaired) electrons. The van der Waals surface area contributed by atoms with Gasteiger partial charge in [-0.15, -0.1) is 0 Å². The number of nitrogens with one attached hydrogen (secondary N) is 1. The maximum absolute atomic E-state index is 11.5. The number of nitrogen functional groups attached to an aromatic ring is 1. The van der Waals surface area contributed by atoms with Crippen molar-refractivity contribution in [3.05, 3.63) is 24.0 Å². The van der Waals surface area contributed by atoms with Gasteiger partial charge in [-0.1, -0.05) is 13.0 Å². The number of fused-ring (bicyclic) bond motifs is 1. The number of hydrogen-bond acceptors (Lipinski definition) is 3. The van der Waals surface area contributed by atoms with Crippen LogP contribution in [-0.4, -0.2) is 22.5 Å². The van der Waals surface area contributed by atoms with Crippen molar-refractivity contribution in [2.45, 2.75) is 19.9 Å². The van der Waals surface area contributed by atoms with E-state index in [2.05, 4.69) is 10.3 Å². The van der Waals surface area contributed by atoms with Gasteiger partial charge in [-0.25, -0.2) is 4.98 Å². The van der Waals surface area contributed by atoms with Crippen LogP contribution in [0.2, 0.25) is 0 Å². The van der Waals surface area contributed by atoms with Crippen LogP contribution in [0.4, 0.5) is 5.69 Å². The number of benzene rings is 1. The molecule has 3 N–H and O–H groups in total. The fourth-order valence-corrected chi connectivity index (χ4v) is 1.89. The molecular formula is C12H16N4O. The van der Waals surface area contributed by atoms with Gasteiger partial charge in [0.25, 0.3) is 0 Å². The number of carbonyl (C=O) groups is 1. The van der Waals surface area contributed by atoms with Crippen molar-refractivity contribution in [2.24, 2.45) is 0 Å². The molecule has 1 heterocycles. The number of likely N-dealkylation sites (N-methyl/N-ethyl adjacent to an activating group) is 1. The second-order valence-electron chi connectivity index (χ2n) is 3.86. The molecule has 5 nitrogen and oxygen atoms in total. The van der Waals surface area contributed by atoms with Crippen molar-refractivity contribution in [3.63, 3.8) is 0 Å². The van der Waals surface area contributed by atoms with E-state index in [1.165, 1.54) is 0 Å². The van der Waals surface area contributed by atoms with Gasteiger partial charge in [0.15, 0.2) is 0 Å². The van der Waals surface area contributed by atoms with Crippen molar-refractivity contribution in [3.8, 4) is 0 Å². The minimum absolute atomic E-state index is 0.0403. The van der Waals surface area contributed by atoms with Crippen LogP contribution >= 0.6 is 0 Å². The molecule has 0 unspecified atom stereocenters. The van der Waals surface area contributed by atoms with Crippen LogP contribution in [0.3, 0.4) is 0 Å². The molecule has 0 saturated carbocycles. The Morgan fingerprint density at radius 3 is 2.94 bits per heavy atom. The van der Waals surface area contributed by atoms with Gasteiger partial charge in [-0.05, 0) is 12.1 Å². The standard InChI is InChI=1S/C12H16N4O/c1-3-10-15-12-8(13)5-4-6-9(12)16(10)7-11(17)14-2/h4-6H,3,7,13H2,1-2H3,(H,14,17). The molecule has 0 saturated heterocycles. The third kappa shape index (κ3) is 1.95. The van der Waals surface area contributed by atoms with Crippen LogP contribution in [0.25, 0.3) is 11.0 Å². The zero-order valence-electron chi connectivity index (χ0n) is 10.0. The Kier molecular flexibility index (Phi) is 2.99. The third-order valence-corrected chi connectivity index (χ3v) is 2.79. The van der Waals surface area contributed by atoms with Crippen molar-refractivity contribution >= 4 is 22.6 Å². The van der Waals surface area contributed by atoms with Crippen molar-refractivity contribution < 1.29 is 4.79 Å². The fourth-order valence-electron chi connectivity index (χ4n) is 1.89. The molecule has 2 aromatic rings. The minimum Gasteiger partial charge on any atom is -0.397 e. The summed E-state index contributed by atoms with van der Waals surface area (Å²) in [5.41, 5.74) is 8.21. The molecule has 2 rings (SSSR count). The molecule has 0 bridgehead atoms. The van der Waals surface area contributed by atoms with E-state index < -0.39 is 0 Å². The van der Waals surface area contributed by atoms with Gasteiger partial charge in [0.05, 0.1) is 11.2 Å². The first-order valence-corrected chi connectivity index (χ1v) is 5.61. The van der Waals surface area contributed by atoms with Crippen LogP contribution in [0, 0.1) is 0 Å². The van der Waals surface area contributed by atoms with E-state index in [4.69, 9.17) is 5.73 Å². The summed E-state index contributed by atoms with van der Waals surface area (Å²) in [4.78, 5) is 16.0. The lowest BCUT2D eigenvalue weighted by atomic mass is 10.3. The lowest BCUT2D eigenvalue weighted by molar-refractivity contribution is -0.121. The zero-order chi connectivity index (χ0) is 12.4. The molecule has 5 heteroatoms. The highest BCUT2D eigenvalue weighted by Gasteiger charge is 2.13. The number of nitrogens with two attached hydrogens (primary N) is 1. The Hall–Kier alpha value is -2.04. The molecule has 0 aliphatic heterocycles. The van der Waals surface area contributed by atoms with Gasteiger partial charge in [0.1, 0.15) is 17.9 Å². The van der Waals surface area contributed by atoms with Crippen LogP contribution < -0.4 is 11.1 Å². The maximum Gasteiger partial charge on any atom is 0.239 e. The Morgan fingerprint density at radius 2 is 2.29 bits per heavy atom. The second kappa shape index (κ2) is 4.45. The number of imidazole rings is 1. The van der Waals surface area contributed by atoms with E-state index in [-0.39, 0.29) is 12.5 Å². The normalized spacial score (nSPS) is 10.7. The van der Waals surface area contributed by atoms with Crippen molar-refractivity contribution in [2.75, 3.05) is 12.8 Å². The monoisotopic (exact) mass is 232 g/mol. The number of carbonyl (C=O) groups excluding carboxylic acids is 1. The molecule has 0 spiro atoms. The molecule has 1 aromatic heterocycles. The predicted molar refractivity (Wildman–Crippen MR) is 67.6 cm³/mol. The van der Waals surface area contributed by atoms with Crippen LogP contribution in [0.1, 0.15) is 12.7 Å². The van der Waals surface area contributed by atoms with Crippen LogP contribution in [0.5, 0.6) is 0 Å². The van der Waals surface area contributed by atoms with Crippen molar-refractivity contribution in [1.82, 2.24) is 14.9 Å². The first-order chi connectivity index (χ1) is 8.17. The van der Waals surface area contributed by atoms with Crippen LogP contribution in [-0.2, 0) is 17.8 Å². The molecule has 90 valence electrons. The topological polar surface area (TPSA) is 72.9 Å². The van der Waals surface area contributed by atoms with Gasteiger partial charge < -0.3 is 15.6 Å². The van der Waals surface area contributed by atoms with E-state index in [0.29, 0.717) is 5.69 Å². The Balaban J connectivity index is 2.58. The molecule has 0 fully saturated rings.